The second kappa shape index (κ2) is 8.35. The molecule has 1 amide bonds. The number of fused-ring (bicyclic) bond motifs is 1. The Bertz CT molecular complexity index is 879. The van der Waals surface area contributed by atoms with Gasteiger partial charge < -0.3 is 19.4 Å². The number of nitrogens with one attached hydrogen (secondary N) is 1. The Morgan fingerprint density at radius 3 is 2.87 bits per heavy atom. The van der Waals surface area contributed by atoms with Crippen LogP contribution in [-0.2, 0) is 13.1 Å². The number of ether oxygens (including phenoxy) is 1. The van der Waals surface area contributed by atoms with E-state index in [1.807, 2.05) is 17.2 Å². The SMILES string of the molecule is COc1ccc(CN2CCC3CN(C(=O)c4coc(CNC5CC5)n4)CC3C2)cn1. The van der Waals surface area contributed by atoms with Gasteiger partial charge in [-0.05, 0) is 43.2 Å². The Kier molecular flexibility index (Phi) is 5.43. The minimum atomic E-state index is -0.00303. The molecule has 1 aliphatic carbocycles. The Morgan fingerprint density at radius 1 is 1.23 bits per heavy atom. The molecule has 2 atom stereocenters. The van der Waals surface area contributed by atoms with Crippen LogP contribution in [0, 0.1) is 11.8 Å². The first kappa shape index (κ1) is 19.5. The zero-order chi connectivity index (χ0) is 20.5. The van der Waals surface area contributed by atoms with E-state index in [2.05, 4.69) is 26.3 Å². The van der Waals surface area contributed by atoms with Gasteiger partial charge in [-0.1, -0.05) is 6.07 Å². The van der Waals surface area contributed by atoms with Crippen LogP contribution in [0.1, 0.15) is 41.2 Å². The highest BCUT2D eigenvalue weighted by Crippen LogP contribution is 2.32. The number of nitrogens with zero attached hydrogens (tertiary/aromatic N) is 4. The molecule has 4 heterocycles. The predicted molar refractivity (Wildman–Crippen MR) is 110 cm³/mol. The molecule has 3 fully saturated rings. The van der Waals surface area contributed by atoms with Crippen LogP contribution < -0.4 is 10.1 Å². The minimum absolute atomic E-state index is 0.00303. The highest BCUT2D eigenvalue weighted by atomic mass is 16.5. The van der Waals surface area contributed by atoms with Gasteiger partial charge in [0.15, 0.2) is 5.69 Å². The molecule has 1 N–H and O–H groups in total. The van der Waals surface area contributed by atoms with E-state index < -0.39 is 0 Å². The summed E-state index contributed by atoms with van der Waals surface area (Å²) < 4.78 is 10.6. The molecule has 8 heteroatoms. The van der Waals surface area contributed by atoms with Crippen LogP contribution >= 0.6 is 0 Å². The summed E-state index contributed by atoms with van der Waals surface area (Å²) in [6.07, 6.45) is 6.95. The Labute approximate surface area is 176 Å². The van der Waals surface area contributed by atoms with Gasteiger partial charge in [0.05, 0.1) is 13.7 Å². The molecule has 2 aliphatic heterocycles. The molecule has 2 saturated heterocycles. The summed E-state index contributed by atoms with van der Waals surface area (Å²) >= 11 is 0. The van der Waals surface area contributed by atoms with E-state index in [-0.39, 0.29) is 5.91 Å². The normalized spacial score (nSPS) is 24.1. The smallest absolute Gasteiger partial charge is 0.275 e. The summed E-state index contributed by atoms with van der Waals surface area (Å²) in [6.45, 7) is 5.16. The van der Waals surface area contributed by atoms with Crippen molar-refractivity contribution in [3.05, 3.63) is 41.7 Å². The lowest BCUT2D eigenvalue weighted by atomic mass is 9.88. The second-order valence-electron chi connectivity index (χ2n) is 8.74. The number of carbonyl (C=O) groups excluding carboxylic acids is 1. The van der Waals surface area contributed by atoms with Crippen LogP contribution in [-0.4, -0.2) is 65.0 Å². The fraction of sp³-hybridized carbons (Fsp3) is 0.591. The van der Waals surface area contributed by atoms with Crippen LogP contribution in [0.15, 0.2) is 29.0 Å². The van der Waals surface area contributed by atoms with Gasteiger partial charge in [0.2, 0.25) is 11.8 Å². The van der Waals surface area contributed by atoms with E-state index >= 15 is 0 Å². The Hall–Kier alpha value is -2.45. The van der Waals surface area contributed by atoms with Crippen molar-refractivity contribution in [2.75, 3.05) is 33.3 Å². The van der Waals surface area contributed by atoms with Gasteiger partial charge in [-0.2, -0.15) is 0 Å². The van der Waals surface area contributed by atoms with Gasteiger partial charge in [0.25, 0.3) is 5.91 Å². The lowest BCUT2D eigenvalue weighted by Crippen LogP contribution is -2.39. The third-order valence-corrected chi connectivity index (χ3v) is 6.48. The summed E-state index contributed by atoms with van der Waals surface area (Å²) in [5.41, 5.74) is 1.62. The lowest BCUT2D eigenvalue weighted by Gasteiger charge is -2.34. The number of rotatable bonds is 7. The van der Waals surface area contributed by atoms with E-state index in [4.69, 9.17) is 9.15 Å². The topological polar surface area (TPSA) is 83.7 Å². The number of piperidine rings is 1. The first-order valence-electron chi connectivity index (χ1n) is 10.9. The molecule has 3 aliphatic rings. The summed E-state index contributed by atoms with van der Waals surface area (Å²) in [5, 5.41) is 3.37. The maximum absolute atomic E-state index is 12.9. The Balaban J connectivity index is 1.15. The predicted octanol–water partition coefficient (Wildman–Crippen LogP) is 1.92. The van der Waals surface area contributed by atoms with Gasteiger partial charge in [-0.3, -0.25) is 9.69 Å². The summed E-state index contributed by atoms with van der Waals surface area (Å²) in [5.74, 6) is 2.32. The van der Waals surface area contributed by atoms with Crippen LogP contribution in [0.25, 0.3) is 0 Å². The Morgan fingerprint density at radius 2 is 2.10 bits per heavy atom. The monoisotopic (exact) mass is 411 g/mol. The van der Waals surface area contributed by atoms with Gasteiger partial charge in [0.1, 0.15) is 6.26 Å². The first-order chi connectivity index (χ1) is 14.7. The number of carbonyl (C=O) groups is 1. The highest BCUT2D eigenvalue weighted by molar-refractivity contribution is 5.92. The van der Waals surface area contributed by atoms with Crippen molar-refractivity contribution in [3.8, 4) is 5.88 Å². The van der Waals surface area contributed by atoms with Crippen molar-refractivity contribution in [1.29, 1.82) is 0 Å². The number of amides is 1. The summed E-state index contributed by atoms with van der Waals surface area (Å²) in [7, 11) is 1.63. The number of hydrogen-bond donors (Lipinski definition) is 1. The average molecular weight is 412 g/mol. The maximum Gasteiger partial charge on any atom is 0.275 e. The molecule has 0 bridgehead atoms. The van der Waals surface area contributed by atoms with Gasteiger partial charge in [0, 0.05) is 44.5 Å². The van der Waals surface area contributed by atoms with Gasteiger partial charge in [-0.15, -0.1) is 0 Å². The molecule has 0 spiro atoms. The zero-order valence-corrected chi connectivity index (χ0v) is 17.4. The molecule has 5 rings (SSSR count). The molecule has 160 valence electrons. The van der Waals surface area contributed by atoms with E-state index in [1.165, 1.54) is 24.7 Å². The molecule has 0 radical (unpaired) electrons. The summed E-state index contributed by atoms with van der Waals surface area (Å²) in [4.78, 5) is 26.1. The molecule has 30 heavy (non-hydrogen) atoms. The van der Waals surface area contributed by atoms with Gasteiger partial charge in [-0.25, -0.2) is 9.97 Å². The van der Waals surface area contributed by atoms with Crippen molar-refractivity contribution in [1.82, 2.24) is 25.1 Å². The first-order valence-corrected chi connectivity index (χ1v) is 10.9. The molecule has 0 aromatic carbocycles. The minimum Gasteiger partial charge on any atom is -0.481 e. The molecule has 8 nitrogen and oxygen atoms in total. The van der Waals surface area contributed by atoms with Crippen LogP contribution in [0.4, 0.5) is 0 Å². The third-order valence-electron chi connectivity index (χ3n) is 6.48. The van der Waals surface area contributed by atoms with Crippen LogP contribution in [0.3, 0.4) is 0 Å². The van der Waals surface area contributed by atoms with Crippen LogP contribution in [0.2, 0.25) is 0 Å². The van der Waals surface area contributed by atoms with Crippen molar-refractivity contribution in [3.63, 3.8) is 0 Å². The lowest BCUT2D eigenvalue weighted by molar-refractivity contribution is 0.0777. The fourth-order valence-electron chi connectivity index (χ4n) is 4.61. The van der Waals surface area contributed by atoms with E-state index in [1.54, 1.807) is 7.11 Å². The summed E-state index contributed by atoms with van der Waals surface area (Å²) in [6, 6.07) is 4.57. The highest BCUT2D eigenvalue weighted by Gasteiger charge is 2.39. The van der Waals surface area contributed by atoms with Gasteiger partial charge >= 0.3 is 0 Å². The van der Waals surface area contributed by atoms with Crippen LogP contribution in [0.5, 0.6) is 5.88 Å². The zero-order valence-electron chi connectivity index (χ0n) is 17.4. The van der Waals surface area contributed by atoms with Crippen molar-refractivity contribution >= 4 is 5.91 Å². The number of methoxy groups -OCH3 is 1. The molecular formula is C22H29N5O3. The van der Waals surface area contributed by atoms with Crippen molar-refractivity contribution in [2.24, 2.45) is 11.8 Å². The average Bonchev–Trinajstić information content (AvgIpc) is 3.31. The van der Waals surface area contributed by atoms with Crippen molar-refractivity contribution in [2.45, 2.75) is 38.4 Å². The van der Waals surface area contributed by atoms with E-state index in [0.717, 1.165) is 39.1 Å². The molecule has 1 saturated carbocycles. The number of oxazole rings is 1. The molecule has 2 aromatic heterocycles. The van der Waals surface area contributed by atoms with E-state index in [0.29, 0.717) is 41.9 Å². The molecular weight excluding hydrogens is 382 g/mol. The second-order valence-corrected chi connectivity index (χ2v) is 8.74. The largest absolute Gasteiger partial charge is 0.481 e. The molecule has 2 unspecified atom stereocenters. The third kappa shape index (κ3) is 4.34. The fourth-order valence-corrected chi connectivity index (χ4v) is 4.61. The number of aromatic nitrogens is 2. The maximum atomic E-state index is 12.9. The number of hydrogen-bond acceptors (Lipinski definition) is 7. The number of likely N-dealkylation sites (tertiary alicyclic amines) is 2. The quantitative estimate of drug-likeness (QED) is 0.745. The standard InChI is InChI=1S/C22H29N5O3/c1-29-20-5-2-15(8-24-20)10-26-7-6-16-12-27(13-17(16)11-26)22(28)19-14-30-21(25-19)9-23-18-3-4-18/h2,5,8,14,16-18,23H,3-4,6-7,9-13H2,1H3. The number of pyridine rings is 1. The van der Waals surface area contributed by atoms with Crippen molar-refractivity contribution < 1.29 is 13.9 Å². The van der Waals surface area contributed by atoms with E-state index in [9.17, 15) is 4.79 Å². The molecule has 2 aromatic rings.